The number of methoxy groups -OCH3 is 2. The summed E-state index contributed by atoms with van der Waals surface area (Å²) in [6, 6.07) is 3.97. The van der Waals surface area contributed by atoms with E-state index >= 15 is 0 Å². The quantitative estimate of drug-likeness (QED) is 0.597. The Kier molecular flexibility index (Phi) is 2.73. The second kappa shape index (κ2) is 4.04. The summed E-state index contributed by atoms with van der Waals surface area (Å²) in [5.74, 6) is 1.87. The van der Waals surface area contributed by atoms with Gasteiger partial charge in [-0.2, -0.15) is 0 Å². The number of nitrogens with one attached hydrogen (secondary N) is 1. The first-order chi connectivity index (χ1) is 7.65. The summed E-state index contributed by atoms with van der Waals surface area (Å²) in [5, 5.41) is 7.48. The average molecular weight is 220 g/mol. The highest BCUT2D eigenvalue weighted by molar-refractivity contribution is 5.81. The SMILES string of the molecule is COc1cc2c(cc1OC)CC(C(=N)N)C2. The van der Waals surface area contributed by atoms with E-state index < -0.39 is 0 Å². The summed E-state index contributed by atoms with van der Waals surface area (Å²) in [7, 11) is 3.25. The van der Waals surface area contributed by atoms with Crippen LogP contribution in [0.25, 0.3) is 0 Å². The monoisotopic (exact) mass is 220 g/mol. The van der Waals surface area contributed by atoms with Crippen molar-refractivity contribution in [2.45, 2.75) is 12.8 Å². The molecule has 1 aromatic rings. The Morgan fingerprint density at radius 1 is 1.19 bits per heavy atom. The van der Waals surface area contributed by atoms with E-state index in [1.54, 1.807) is 14.2 Å². The summed E-state index contributed by atoms with van der Waals surface area (Å²) in [6.07, 6.45) is 1.65. The molecule has 1 aliphatic rings. The van der Waals surface area contributed by atoms with E-state index in [2.05, 4.69) is 0 Å². The number of ether oxygens (including phenoxy) is 2. The van der Waals surface area contributed by atoms with Gasteiger partial charge in [0.05, 0.1) is 20.1 Å². The molecule has 2 rings (SSSR count). The van der Waals surface area contributed by atoms with Crippen LogP contribution >= 0.6 is 0 Å². The standard InChI is InChI=1S/C12H16N2O2/c1-15-10-5-7-3-9(12(13)14)4-8(7)6-11(10)16-2/h5-6,9H,3-4H2,1-2H3,(H3,13,14). The van der Waals surface area contributed by atoms with Gasteiger partial charge in [-0.15, -0.1) is 0 Å². The summed E-state index contributed by atoms with van der Waals surface area (Å²) < 4.78 is 10.5. The van der Waals surface area contributed by atoms with Crippen LogP contribution in [0.1, 0.15) is 11.1 Å². The third-order valence-corrected chi connectivity index (χ3v) is 3.08. The van der Waals surface area contributed by atoms with Crippen molar-refractivity contribution in [3.63, 3.8) is 0 Å². The van der Waals surface area contributed by atoms with Gasteiger partial charge in [0.15, 0.2) is 11.5 Å². The molecule has 0 unspecified atom stereocenters. The average Bonchev–Trinajstić information content (AvgIpc) is 2.69. The molecule has 16 heavy (non-hydrogen) atoms. The van der Waals surface area contributed by atoms with Crippen molar-refractivity contribution in [1.82, 2.24) is 0 Å². The van der Waals surface area contributed by atoms with Crippen molar-refractivity contribution >= 4 is 5.84 Å². The third kappa shape index (κ3) is 1.71. The number of rotatable bonds is 3. The highest BCUT2D eigenvalue weighted by Gasteiger charge is 2.25. The minimum atomic E-state index is 0.131. The van der Waals surface area contributed by atoms with Crippen LogP contribution in [0.4, 0.5) is 0 Å². The molecule has 4 heteroatoms. The van der Waals surface area contributed by atoms with Gasteiger partial charge < -0.3 is 15.2 Å². The van der Waals surface area contributed by atoms with Crippen molar-refractivity contribution in [1.29, 1.82) is 5.41 Å². The normalized spacial score (nSPS) is 14.6. The van der Waals surface area contributed by atoms with Gasteiger partial charge in [0.25, 0.3) is 0 Å². The predicted molar refractivity (Wildman–Crippen MR) is 62.4 cm³/mol. The largest absolute Gasteiger partial charge is 0.493 e. The van der Waals surface area contributed by atoms with Crippen LogP contribution in [-0.2, 0) is 12.8 Å². The zero-order chi connectivity index (χ0) is 11.7. The number of benzene rings is 1. The Balaban J connectivity index is 2.36. The molecule has 0 radical (unpaired) electrons. The molecule has 0 spiro atoms. The maximum absolute atomic E-state index is 7.48. The molecule has 0 bridgehead atoms. The van der Waals surface area contributed by atoms with Crippen molar-refractivity contribution in [3.05, 3.63) is 23.3 Å². The smallest absolute Gasteiger partial charge is 0.161 e. The topological polar surface area (TPSA) is 68.3 Å². The molecule has 0 amide bonds. The Morgan fingerprint density at radius 2 is 1.62 bits per heavy atom. The minimum Gasteiger partial charge on any atom is -0.493 e. The van der Waals surface area contributed by atoms with Crippen LogP contribution in [0, 0.1) is 11.3 Å². The van der Waals surface area contributed by atoms with Gasteiger partial charge in [0.1, 0.15) is 0 Å². The fourth-order valence-corrected chi connectivity index (χ4v) is 2.17. The van der Waals surface area contributed by atoms with E-state index in [-0.39, 0.29) is 11.8 Å². The summed E-state index contributed by atoms with van der Waals surface area (Å²) in [4.78, 5) is 0. The molecule has 86 valence electrons. The van der Waals surface area contributed by atoms with Crippen molar-refractivity contribution < 1.29 is 9.47 Å². The van der Waals surface area contributed by atoms with Gasteiger partial charge >= 0.3 is 0 Å². The fourth-order valence-electron chi connectivity index (χ4n) is 2.17. The van der Waals surface area contributed by atoms with E-state index in [0.717, 1.165) is 24.3 Å². The molecule has 0 fully saturated rings. The van der Waals surface area contributed by atoms with Crippen LogP contribution < -0.4 is 15.2 Å². The van der Waals surface area contributed by atoms with Crippen LogP contribution in [0.3, 0.4) is 0 Å². The summed E-state index contributed by atoms with van der Waals surface area (Å²) in [5.41, 5.74) is 7.95. The van der Waals surface area contributed by atoms with Gasteiger partial charge in [0, 0.05) is 5.92 Å². The molecular weight excluding hydrogens is 204 g/mol. The molecule has 4 nitrogen and oxygen atoms in total. The molecule has 0 aromatic heterocycles. The lowest BCUT2D eigenvalue weighted by Gasteiger charge is -2.09. The molecule has 3 N–H and O–H groups in total. The maximum atomic E-state index is 7.48. The van der Waals surface area contributed by atoms with E-state index in [1.165, 1.54) is 11.1 Å². The molecule has 0 atom stereocenters. The van der Waals surface area contributed by atoms with E-state index in [4.69, 9.17) is 20.6 Å². The number of fused-ring (bicyclic) bond motifs is 1. The predicted octanol–water partition coefficient (Wildman–Crippen LogP) is 1.35. The number of nitrogens with two attached hydrogens (primary N) is 1. The number of amidine groups is 1. The second-order valence-corrected chi connectivity index (χ2v) is 4.04. The van der Waals surface area contributed by atoms with Gasteiger partial charge in [-0.1, -0.05) is 0 Å². The number of hydrogen-bond acceptors (Lipinski definition) is 3. The highest BCUT2D eigenvalue weighted by Crippen LogP contribution is 2.36. The number of hydrogen-bond donors (Lipinski definition) is 2. The van der Waals surface area contributed by atoms with Gasteiger partial charge in [0.2, 0.25) is 0 Å². The second-order valence-electron chi connectivity index (χ2n) is 4.04. The molecule has 1 aromatic carbocycles. The zero-order valence-electron chi connectivity index (χ0n) is 9.54. The van der Waals surface area contributed by atoms with Crippen LogP contribution in [0.5, 0.6) is 11.5 Å². The van der Waals surface area contributed by atoms with Gasteiger partial charge in [-0.05, 0) is 36.1 Å². The molecular formula is C12H16N2O2. The van der Waals surface area contributed by atoms with Crippen LogP contribution in [0.15, 0.2) is 12.1 Å². The minimum absolute atomic E-state index is 0.131. The fraction of sp³-hybridized carbons (Fsp3) is 0.417. The first-order valence-corrected chi connectivity index (χ1v) is 5.23. The highest BCUT2D eigenvalue weighted by atomic mass is 16.5. The van der Waals surface area contributed by atoms with Crippen LogP contribution in [-0.4, -0.2) is 20.1 Å². The molecule has 0 heterocycles. The molecule has 0 saturated carbocycles. The first kappa shape index (κ1) is 10.8. The lowest BCUT2D eigenvalue weighted by molar-refractivity contribution is 0.354. The Labute approximate surface area is 94.9 Å². The maximum Gasteiger partial charge on any atom is 0.161 e. The van der Waals surface area contributed by atoms with E-state index in [0.29, 0.717) is 0 Å². The molecule has 1 aliphatic carbocycles. The van der Waals surface area contributed by atoms with E-state index in [9.17, 15) is 0 Å². The Hall–Kier alpha value is -1.71. The molecule has 0 saturated heterocycles. The van der Waals surface area contributed by atoms with Gasteiger partial charge in [-0.3, -0.25) is 5.41 Å². The van der Waals surface area contributed by atoms with E-state index in [1.807, 2.05) is 12.1 Å². The Bertz CT molecular complexity index is 396. The lowest BCUT2D eigenvalue weighted by atomic mass is 10.1. The third-order valence-electron chi connectivity index (χ3n) is 3.08. The van der Waals surface area contributed by atoms with Crippen molar-refractivity contribution in [2.24, 2.45) is 11.7 Å². The molecule has 0 aliphatic heterocycles. The van der Waals surface area contributed by atoms with Crippen molar-refractivity contribution in [2.75, 3.05) is 14.2 Å². The zero-order valence-corrected chi connectivity index (χ0v) is 9.54. The summed E-state index contributed by atoms with van der Waals surface area (Å²) >= 11 is 0. The van der Waals surface area contributed by atoms with Crippen LogP contribution in [0.2, 0.25) is 0 Å². The summed E-state index contributed by atoms with van der Waals surface area (Å²) in [6.45, 7) is 0. The van der Waals surface area contributed by atoms with Crippen molar-refractivity contribution in [3.8, 4) is 11.5 Å². The Morgan fingerprint density at radius 3 is 1.94 bits per heavy atom. The van der Waals surface area contributed by atoms with Gasteiger partial charge in [-0.25, -0.2) is 0 Å². The first-order valence-electron chi connectivity index (χ1n) is 5.23. The lowest BCUT2D eigenvalue weighted by Crippen LogP contribution is -2.22.